The molecule has 1 amide bonds. The quantitative estimate of drug-likeness (QED) is 0.710. The van der Waals surface area contributed by atoms with Crippen LogP contribution in [0.2, 0.25) is 0 Å². The molecule has 0 spiro atoms. The number of sulfonamides is 1. The van der Waals surface area contributed by atoms with Gasteiger partial charge in [0.2, 0.25) is 15.9 Å². The molecule has 2 aromatic rings. The van der Waals surface area contributed by atoms with Crippen LogP contribution >= 0.6 is 0 Å². The molecular weight excluding hydrogens is 412 g/mol. The van der Waals surface area contributed by atoms with E-state index in [1.165, 1.54) is 30.0 Å². The zero-order valence-corrected chi connectivity index (χ0v) is 19.4. The molecule has 1 saturated heterocycles. The molecule has 0 aromatic heterocycles. The third-order valence-electron chi connectivity index (χ3n) is 5.56. The summed E-state index contributed by atoms with van der Waals surface area (Å²) in [5.41, 5.74) is 2.67. The highest BCUT2D eigenvalue weighted by Gasteiger charge is 2.20. The van der Waals surface area contributed by atoms with Crippen molar-refractivity contribution in [2.75, 3.05) is 52.1 Å². The molecular formula is C23H32N4O3S. The molecule has 1 aliphatic heterocycles. The van der Waals surface area contributed by atoms with Gasteiger partial charge in [0.15, 0.2) is 0 Å². The Hall–Kier alpha value is -2.26. The van der Waals surface area contributed by atoms with E-state index < -0.39 is 10.0 Å². The van der Waals surface area contributed by atoms with Crippen LogP contribution in [-0.4, -0.2) is 75.2 Å². The maximum Gasteiger partial charge on any atom is 0.242 e. The van der Waals surface area contributed by atoms with E-state index >= 15 is 0 Å². The number of hydrogen-bond donors (Lipinski definition) is 1. The number of hydrogen-bond acceptors (Lipinski definition) is 5. The van der Waals surface area contributed by atoms with Gasteiger partial charge in [-0.15, -0.1) is 0 Å². The summed E-state index contributed by atoms with van der Waals surface area (Å²) in [5, 5.41) is 2.90. The average molecular weight is 445 g/mol. The molecule has 0 bridgehead atoms. The number of amides is 1. The van der Waals surface area contributed by atoms with Crippen LogP contribution in [0.15, 0.2) is 53.4 Å². The van der Waals surface area contributed by atoms with Crippen LogP contribution in [-0.2, 0) is 21.4 Å². The van der Waals surface area contributed by atoms with Gasteiger partial charge in [-0.3, -0.25) is 14.6 Å². The number of aryl methyl sites for hydroxylation is 1. The molecule has 0 atom stereocenters. The van der Waals surface area contributed by atoms with Crippen LogP contribution in [0.5, 0.6) is 0 Å². The summed E-state index contributed by atoms with van der Waals surface area (Å²) in [5.74, 6) is -0.126. The molecule has 0 radical (unpaired) electrons. The lowest BCUT2D eigenvalue weighted by molar-refractivity contribution is -0.117. The van der Waals surface area contributed by atoms with Gasteiger partial charge in [-0.2, -0.15) is 0 Å². The smallest absolute Gasteiger partial charge is 0.242 e. The minimum Gasteiger partial charge on any atom is -0.325 e. The molecule has 1 fully saturated rings. The summed E-state index contributed by atoms with van der Waals surface area (Å²) in [6, 6.07) is 15.3. The van der Waals surface area contributed by atoms with Crippen molar-refractivity contribution in [1.82, 2.24) is 14.1 Å². The third kappa shape index (κ3) is 6.36. The molecule has 3 rings (SSSR count). The summed E-state index contributed by atoms with van der Waals surface area (Å²) in [4.78, 5) is 17.4. The first kappa shape index (κ1) is 23.4. The topological polar surface area (TPSA) is 73.0 Å². The maximum atomic E-state index is 12.7. The molecule has 0 unspecified atom stereocenters. The van der Waals surface area contributed by atoms with Crippen molar-refractivity contribution in [2.24, 2.45) is 0 Å². The molecule has 1 N–H and O–H groups in total. The highest BCUT2D eigenvalue weighted by atomic mass is 32.2. The van der Waals surface area contributed by atoms with Crippen molar-refractivity contribution in [2.45, 2.75) is 24.8 Å². The fraction of sp³-hybridized carbons (Fsp3) is 0.435. The Bertz CT molecular complexity index is 993. The first-order valence-electron chi connectivity index (χ1n) is 10.6. The minimum absolute atomic E-state index is 0.126. The third-order valence-corrected chi connectivity index (χ3v) is 7.37. The zero-order valence-electron chi connectivity index (χ0n) is 18.5. The fourth-order valence-electron chi connectivity index (χ4n) is 3.68. The Morgan fingerprint density at radius 2 is 1.68 bits per heavy atom. The van der Waals surface area contributed by atoms with Gasteiger partial charge in [0.05, 0.1) is 11.4 Å². The Balaban J connectivity index is 1.57. The maximum absolute atomic E-state index is 12.7. The number of nitrogens with zero attached hydrogens (tertiary/aromatic N) is 3. The first-order valence-corrected chi connectivity index (χ1v) is 12.0. The number of carbonyl (C=O) groups excluding carboxylic acids is 1. The van der Waals surface area contributed by atoms with Crippen LogP contribution in [0.4, 0.5) is 5.69 Å². The van der Waals surface area contributed by atoms with Crippen LogP contribution in [0.3, 0.4) is 0 Å². The summed E-state index contributed by atoms with van der Waals surface area (Å²) in [6.07, 6.45) is 1.01. The second-order valence-electron chi connectivity index (χ2n) is 8.20. The Kier molecular flexibility index (Phi) is 7.83. The predicted octanol–water partition coefficient (Wildman–Crippen LogP) is 2.39. The fourth-order valence-corrected chi connectivity index (χ4v) is 4.61. The van der Waals surface area contributed by atoms with E-state index in [1.807, 2.05) is 13.0 Å². The molecule has 8 heteroatoms. The second kappa shape index (κ2) is 10.4. The molecule has 1 heterocycles. The van der Waals surface area contributed by atoms with Crippen LogP contribution in [0.25, 0.3) is 0 Å². The highest BCUT2D eigenvalue weighted by molar-refractivity contribution is 7.89. The van der Waals surface area contributed by atoms with Crippen LogP contribution < -0.4 is 5.32 Å². The van der Waals surface area contributed by atoms with E-state index in [1.54, 1.807) is 12.1 Å². The van der Waals surface area contributed by atoms with E-state index in [0.29, 0.717) is 12.2 Å². The van der Waals surface area contributed by atoms with Gasteiger partial charge >= 0.3 is 0 Å². The van der Waals surface area contributed by atoms with Gasteiger partial charge in [0.25, 0.3) is 0 Å². The van der Waals surface area contributed by atoms with Gasteiger partial charge in [-0.25, -0.2) is 12.7 Å². The van der Waals surface area contributed by atoms with Crippen LogP contribution in [0, 0.1) is 6.92 Å². The zero-order chi connectivity index (χ0) is 22.4. The number of carbonyl (C=O) groups is 1. The van der Waals surface area contributed by atoms with E-state index in [4.69, 9.17) is 0 Å². The first-order chi connectivity index (χ1) is 14.8. The summed E-state index contributed by atoms with van der Waals surface area (Å²) in [6.45, 7) is 6.70. The van der Waals surface area contributed by atoms with Crippen molar-refractivity contribution in [3.8, 4) is 0 Å². The minimum atomic E-state index is -3.55. The lowest BCUT2D eigenvalue weighted by Gasteiger charge is -2.22. The molecule has 31 heavy (non-hydrogen) atoms. The molecule has 0 aliphatic carbocycles. The lowest BCUT2D eigenvalue weighted by atomic mass is 10.2. The normalized spacial score (nSPS) is 16.3. The molecule has 1 aliphatic rings. The SMILES string of the molecule is Cc1ccc(S(=O)(=O)N(C)C)cc1NC(=O)CN1CCCN(Cc2ccccc2)CC1. The van der Waals surface area contributed by atoms with E-state index in [2.05, 4.69) is 39.4 Å². The van der Waals surface area contributed by atoms with Crippen molar-refractivity contribution >= 4 is 21.6 Å². The molecule has 0 saturated carbocycles. The van der Waals surface area contributed by atoms with Crippen molar-refractivity contribution < 1.29 is 13.2 Å². The molecule has 7 nitrogen and oxygen atoms in total. The molecule has 168 valence electrons. The number of benzene rings is 2. The number of nitrogens with one attached hydrogen (secondary N) is 1. The predicted molar refractivity (Wildman–Crippen MR) is 123 cm³/mol. The monoisotopic (exact) mass is 444 g/mol. The number of rotatable bonds is 7. The van der Waals surface area contributed by atoms with Crippen molar-refractivity contribution in [3.05, 3.63) is 59.7 Å². The van der Waals surface area contributed by atoms with Gasteiger partial charge < -0.3 is 5.32 Å². The van der Waals surface area contributed by atoms with E-state index in [-0.39, 0.29) is 10.8 Å². The lowest BCUT2D eigenvalue weighted by Crippen LogP contribution is -2.36. The van der Waals surface area contributed by atoms with Crippen molar-refractivity contribution in [1.29, 1.82) is 0 Å². The van der Waals surface area contributed by atoms with Crippen molar-refractivity contribution in [3.63, 3.8) is 0 Å². The number of anilines is 1. The average Bonchev–Trinajstić information content (AvgIpc) is 2.95. The summed E-state index contributed by atoms with van der Waals surface area (Å²) in [7, 11) is -0.562. The Morgan fingerprint density at radius 1 is 1.00 bits per heavy atom. The van der Waals surface area contributed by atoms with Gasteiger partial charge in [-0.1, -0.05) is 36.4 Å². The summed E-state index contributed by atoms with van der Waals surface area (Å²) < 4.78 is 26.0. The highest BCUT2D eigenvalue weighted by Crippen LogP contribution is 2.22. The van der Waals surface area contributed by atoms with Gasteiger partial charge in [0.1, 0.15) is 0 Å². The Labute approximate surface area is 185 Å². The molecule has 2 aromatic carbocycles. The summed E-state index contributed by atoms with van der Waals surface area (Å²) >= 11 is 0. The largest absolute Gasteiger partial charge is 0.325 e. The standard InChI is InChI=1S/C23H32N4O3S/c1-19-10-11-21(31(29,30)25(2)3)16-22(19)24-23(28)18-27-13-7-12-26(14-15-27)17-20-8-5-4-6-9-20/h4-6,8-11,16H,7,12-15,17-18H2,1-3H3,(H,24,28). The Morgan fingerprint density at radius 3 is 2.39 bits per heavy atom. The van der Waals surface area contributed by atoms with Crippen LogP contribution in [0.1, 0.15) is 17.5 Å². The van der Waals surface area contributed by atoms with Gasteiger partial charge in [0, 0.05) is 39.4 Å². The van der Waals surface area contributed by atoms with E-state index in [0.717, 1.165) is 44.7 Å². The second-order valence-corrected chi connectivity index (χ2v) is 10.4. The van der Waals surface area contributed by atoms with E-state index in [9.17, 15) is 13.2 Å². The van der Waals surface area contributed by atoms with Gasteiger partial charge in [-0.05, 0) is 49.7 Å².